The number of aromatic nitrogens is 6. The molecule has 8 heteroatoms. The van der Waals surface area contributed by atoms with Gasteiger partial charge in [0, 0.05) is 11.6 Å². The summed E-state index contributed by atoms with van der Waals surface area (Å²) in [5.41, 5.74) is 4.89. The van der Waals surface area contributed by atoms with Gasteiger partial charge in [0.25, 0.3) is 0 Å². The maximum absolute atomic E-state index is 5.43. The molecular formula is C19H18N6O2. The van der Waals surface area contributed by atoms with Gasteiger partial charge in [0.2, 0.25) is 0 Å². The molecule has 4 aromatic rings. The number of hydrogen-bond acceptors (Lipinski definition) is 6. The molecular weight excluding hydrogens is 344 g/mol. The lowest BCUT2D eigenvalue weighted by atomic mass is 10.1. The minimum Gasteiger partial charge on any atom is -0.497 e. The van der Waals surface area contributed by atoms with Gasteiger partial charge in [-0.05, 0) is 32.0 Å². The number of hydrogen-bond donors (Lipinski definition) is 0. The molecule has 0 saturated carbocycles. The SMILES string of the molecule is COc1ccc2c(c1)-c1nc(Cc3cc(C)no3)nn1Cc1c(C)ncn1-2. The first-order chi connectivity index (χ1) is 13.1. The molecule has 0 atom stereocenters. The summed E-state index contributed by atoms with van der Waals surface area (Å²) in [6.45, 7) is 4.50. The predicted octanol–water partition coefficient (Wildman–Crippen LogP) is 2.70. The zero-order chi connectivity index (χ0) is 18.5. The smallest absolute Gasteiger partial charge is 0.161 e. The fraction of sp³-hybridized carbons (Fsp3) is 0.263. The third-order valence-electron chi connectivity index (χ3n) is 4.80. The maximum atomic E-state index is 5.43. The van der Waals surface area contributed by atoms with Crippen molar-refractivity contribution in [1.29, 1.82) is 0 Å². The number of rotatable bonds is 3. The summed E-state index contributed by atoms with van der Waals surface area (Å²) in [5, 5.41) is 8.66. The number of methoxy groups -OCH3 is 1. The number of fused-ring (bicyclic) bond motifs is 5. The van der Waals surface area contributed by atoms with Gasteiger partial charge < -0.3 is 13.8 Å². The first-order valence-corrected chi connectivity index (χ1v) is 8.70. The second-order valence-corrected chi connectivity index (χ2v) is 6.65. The standard InChI is InChI=1S/C19H18N6O2/c1-11-6-14(27-23-11)8-18-21-19-15-7-13(26-3)4-5-16(15)24-10-20-12(2)17(24)9-25(19)22-18/h4-7,10H,8-9H2,1-3H3. The molecule has 1 aromatic carbocycles. The van der Waals surface area contributed by atoms with E-state index in [4.69, 9.17) is 19.3 Å². The second kappa shape index (κ2) is 5.80. The first-order valence-electron chi connectivity index (χ1n) is 8.70. The van der Waals surface area contributed by atoms with E-state index in [2.05, 4.69) is 14.7 Å². The van der Waals surface area contributed by atoms with Crippen molar-refractivity contribution in [2.24, 2.45) is 0 Å². The van der Waals surface area contributed by atoms with Crippen molar-refractivity contribution in [3.63, 3.8) is 0 Å². The van der Waals surface area contributed by atoms with E-state index in [0.717, 1.165) is 45.7 Å². The Morgan fingerprint density at radius 2 is 2.11 bits per heavy atom. The minimum atomic E-state index is 0.498. The molecule has 1 aliphatic rings. The van der Waals surface area contributed by atoms with E-state index in [-0.39, 0.29) is 0 Å². The molecule has 8 nitrogen and oxygen atoms in total. The van der Waals surface area contributed by atoms with Crippen LogP contribution in [0.25, 0.3) is 17.1 Å². The quantitative estimate of drug-likeness (QED) is 0.491. The molecule has 0 radical (unpaired) electrons. The molecule has 0 N–H and O–H groups in total. The van der Waals surface area contributed by atoms with Crippen LogP contribution in [0.5, 0.6) is 5.75 Å². The van der Waals surface area contributed by atoms with Gasteiger partial charge in [-0.15, -0.1) is 0 Å². The highest BCUT2D eigenvalue weighted by atomic mass is 16.5. The Labute approximate surface area is 155 Å². The van der Waals surface area contributed by atoms with Crippen LogP contribution < -0.4 is 4.74 Å². The molecule has 0 fully saturated rings. The van der Waals surface area contributed by atoms with Crippen molar-refractivity contribution in [2.45, 2.75) is 26.8 Å². The number of imidazole rings is 1. The number of benzene rings is 1. The second-order valence-electron chi connectivity index (χ2n) is 6.65. The van der Waals surface area contributed by atoms with E-state index in [1.807, 2.05) is 49.1 Å². The molecule has 0 unspecified atom stereocenters. The highest BCUT2D eigenvalue weighted by Crippen LogP contribution is 2.34. The molecule has 1 aliphatic heterocycles. The summed E-state index contributed by atoms with van der Waals surface area (Å²) in [6, 6.07) is 7.87. The van der Waals surface area contributed by atoms with Crippen molar-refractivity contribution in [1.82, 2.24) is 29.5 Å². The van der Waals surface area contributed by atoms with E-state index in [9.17, 15) is 0 Å². The molecule has 4 heterocycles. The number of nitrogens with zero attached hydrogens (tertiary/aromatic N) is 6. The number of ether oxygens (including phenoxy) is 1. The lowest BCUT2D eigenvalue weighted by molar-refractivity contribution is 0.384. The van der Waals surface area contributed by atoms with E-state index in [0.29, 0.717) is 18.8 Å². The predicted molar refractivity (Wildman–Crippen MR) is 97.0 cm³/mol. The van der Waals surface area contributed by atoms with E-state index in [1.54, 1.807) is 7.11 Å². The Bertz CT molecular complexity index is 1150. The van der Waals surface area contributed by atoms with E-state index in [1.165, 1.54) is 0 Å². The van der Waals surface area contributed by atoms with Gasteiger partial charge in [0.15, 0.2) is 11.6 Å². The van der Waals surface area contributed by atoms with Gasteiger partial charge >= 0.3 is 0 Å². The topological polar surface area (TPSA) is 83.8 Å². The van der Waals surface area contributed by atoms with Crippen LogP contribution in [0.3, 0.4) is 0 Å². The van der Waals surface area contributed by atoms with E-state index < -0.39 is 0 Å². The molecule has 5 rings (SSSR count). The lowest BCUT2D eigenvalue weighted by Crippen LogP contribution is -2.06. The van der Waals surface area contributed by atoms with E-state index >= 15 is 0 Å². The average Bonchev–Trinajstić information content (AvgIpc) is 3.34. The third kappa shape index (κ3) is 2.52. The van der Waals surface area contributed by atoms with Crippen molar-refractivity contribution in [2.75, 3.05) is 7.11 Å². The van der Waals surface area contributed by atoms with Crippen LogP contribution in [0, 0.1) is 13.8 Å². The summed E-state index contributed by atoms with van der Waals surface area (Å²) in [5.74, 6) is 3.02. The third-order valence-corrected chi connectivity index (χ3v) is 4.80. The fourth-order valence-electron chi connectivity index (χ4n) is 3.46. The summed E-state index contributed by atoms with van der Waals surface area (Å²) < 4.78 is 14.8. The maximum Gasteiger partial charge on any atom is 0.161 e. The van der Waals surface area contributed by atoms with Crippen LogP contribution in [-0.2, 0) is 13.0 Å². The zero-order valence-corrected chi connectivity index (χ0v) is 15.3. The summed E-state index contributed by atoms with van der Waals surface area (Å²) in [6.07, 6.45) is 2.35. The van der Waals surface area contributed by atoms with Gasteiger partial charge in [-0.1, -0.05) is 5.16 Å². The van der Waals surface area contributed by atoms with Gasteiger partial charge in [0.05, 0.1) is 49.2 Å². The number of aryl methyl sites for hydroxylation is 2. The van der Waals surface area contributed by atoms with Crippen molar-refractivity contribution in [3.05, 3.63) is 59.3 Å². The largest absolute Gasteiger partial charge is 0.497 e. The lowest BCUT2D eigenvalue weighted by Gasteiger charge is -2.10. The van der Waals surface area contributed by atoms with Crippen molar-refractivity contribution in [3.8, 4) is 22.8 Å². The average molecular weight is 362 g/mol. The molecule has 3 aromatic heterocycles. The van der Waals surface area contributed by atoms with Crippen molar-refractivity contribution < 1.29 is 9.26 Å². The van der Waals surface area contributed by atoms with Crippen LogP contribution in [-0.4, -0.2) is 36.6 Å². The molecule has 136 valence electrons. The molecule has 0 saturated heterocycles. The Morgan fingerprint density at radius 1 is 1.22 bits per heavy atom. The van der Waals surface area contributed by atoms with Crippen LogP contribution in [0.1, 0.15) is 28.7 Å². The highest BCUT2D eigenvalue weighted by Gasteiger charge is 2.24. The Hall–Kier alpha value is -3.42. The summed E-state index contributed by atoms with van der Waals surface area (Å²) in [7, 11) is 1.66. The fourth-order valence-corrected chi connectivity index (χ4v) is 3.46. The van der Waals surface area contributed by atoms with Crippen LogP contribution in [0.4, 0.5) is 0 Å². The van der Waals surface area contributed by atoms with Crippen LogP contribution in [0.15, 0.2) is 35.1 Å². The Kier molecular flexibility index (Phi) is 3.40. The first kappa shape index (κ1) is 15.8. The Balaban J connectivity index is 1.67. The monoisotopic (exact) mass is 362 g/mol. The molecule has 0 aliphatic carbocycles. The molecule has 0 bridgehead atoms. The normalized spacial score (nSPS) is 12.3. The van der Waals surface area contributed by atoms with Crippen LogP contribution >= 0.6 is 0 Å². The van der Waals surface area contributed by atoms with Crippen molar-refractivity contribution >= 4 is 0 Å². The van der Waals surface area contributed by atoms with Gasteiger partial charge in [0.1, 0.15) is 11.5 Å². The molecule has 0 spiro atoms. The van der Waals surface area contributed by atoms with Gasteiger partial charge in [-0.2, -0.15) is 5.10 Å². The van der Waals surface area contributed by atoms with Gasteiger partial charge in [-0.3, -0.25) is 0 Å². The molecule has 27 heavy (non-hydrogen) atoms. The highest BCUT2D eigenvalue weighted by molar-refractivity contribution is 5.71. The molecule has 0 amide bonds. The zero-order valence-electron chi connectivity index (χ0n) is 15.3. The summed E-state index contributed by atoms with van der Waals surface area (Å²) >= 11 is 0. The van der Waals surface area contributed by atoms with Gasteiger partial charge in [-0.25, -0.2) is 14.6 Å². The Morgan fingerprint density at radius 3 is 2.89 bits per heavy atom. The summed E-state index contributed by atoms with van der Waals surface area (Å²) in [4.78, 5) is 9.28. The minimum absolute atomic E-state index is 0.498. The van der Waals surface area contributed by atoms with Crippen LogP contribution in [0.2, 0.25) is 0 Å².